The zero-order valence-electron chi connectivity index (χ0n) is 25.4. The zero-order chi connectivity index (χ0) is 33.8. The Hall–Kier alpha value is -3.92. The third-order valence-corrected chi connectivity index (χ3v) is 11.2. The lowest BCUT2D eigenvalue weighted by atomic mass is 9.45. The summed E-state index contributed by atoms with van der Waals surface area (Å²) in [7, 11) is 0. The second-order valence-electron chi connectivity index (χ2n) is 13.0. The molecule has 1 aliphatic carbocycles. The predicted molar refractivity (Wildman–Crippen MR) is 174 cm³/mol. The molecule has 0 radical (unpaired) electrons. The average molecular weight is 698 g/mol. The molecule has 4 aromatic carbocycles. The summed E-state index contributed by atoms with van der Waals surface area (Å²) in [5.41, 5.74) is -2.30. The van der Waals surface area contributed by atoms with Gasteiger partial charge in [-0.15, -0.1) is 0 Å². The van der Waals surface area contributed by atoms with Crippen LogP contribution in [0.15, 0.2) is 91.0 Å². The lowest BCUT2D eigenvalue weighted by Gasteiger charge is -2.63. The van der Waals surface area contributed by atoms with Gasteiger partial charge in [-0.05, 0) is 53.3 Å². The molecule has 248 valence electrons. The van der Waals surface area contributed by atoms with Gasteiger partial charge >= 0.3 is 0 Å². The molecule has 11 heteroatoms. The maximum Gasteiger partial charge on any atom is 0.293 e. The Morgan fingerprint density at radius 3 is 2.19 bits per heavy atom. The van der Waals surface area contributed by atoms with E-state index in [1.807, 2.05) is 41.3 Å². The molecule has 2 aliphatic heterocycles. The molecule has 3 aliphatic rings. The number of carbonyl (C=O) groups excluding carboxylic acids is 2. The van der Waals surface area contributed by atoms with E-state index >= 15 is 4.39 Å². The molecule has 0 bridgehead atoms. The van der Waals surface area contributed by atoms with E-state index in [2.05, 4.69) is 5.32 Å². The van der Waals surface area contributed by atoms with Crippen molar-refractivity contribution in [2.24, 2.45) is 5.41 Å². The van der Waals surface area contributed by atoms with Crippen LogP contribution in [0, 0.1) is 17.0 Å². The molecule has 0 unspecified atom stereocenters. The van der Waals surface area contributed by atoms with Crippen LogP contribution in [0.1, 0.15) is 53.2 Å². The number of amides is 1. The lowest BCUT2D eigenvalue weighted by molar-refractivity contribution is -0.164. The van der Waals surface area contributed by atoms with Gasteiger partial charge in [-0.3, -0.25) is 23.3 Å². The number of likely N-dealkylation sites (tertiary alicyclic amines) is 1. The van der Waals surface area contributed by atoms with Crippen LogP contribution >= 0.6 is 23.2 Å². The van der Waals surface area contributed by atoms with Crippen molar-refractivity contribution in [1.82, 2.24) is 4.90 Å². The van der Waals surface area contributed by atoms with Crippen LogP contribution in [0.4, 0.5) is 23.2 Å². The zero-order valence-corrected chi connectivity index (χ0v) is 27.0. The number of rotatable bonds is 9. The number of alkyl halides is 2. The summed E-state index contributed by atoms with van der Waals surface area (Å²) in [6.45, 7) is -1.69. The second-order valence-corrected chi connectivity index (χ2v) is 13.8. The Bertz CT molecular complexity index is 1870. The molecule has 0 aromatic heterocycles. The van der Waals surface area contributed by atoms with Crippen molar-refractivity contribution in [3.8, 4) is 0 Å². The molecule has 4 atom stereocenters. The SMILES string of the molecule is O=CO[C@@H](c1ccccc1)[C@@H](c1ccccc1)N1C[C@H](c2ccc(F)c(Cl)c2F)[C@@]2(C(=O)Nc3cc(Cl)ccc32)C12CC(CF)(CF)C2. The van der Waals surface area contributed by atoms with E-state index in [0.29, 0.717) is 33.9 Å². The fourth-order valence-electron chi connectivity index (χ4n) is 8.80. The van der Waals surface area contributed by atoms with E-state index in [-0.39, 0.29) is 24.9 Å². The summed E-state index contributed by atoms with van der Waals surface area (Å²) in [5.74, 6) is -3.55. The Morgan fingerprint density at radius 1 is 0.917 bits per heavy atom. The topological polar surface area (TPSA) is 58.6 Å². The molecule has 48 heavy (non-hydrogen) atoms. The highest BCUT2D eigenvalue weighted by Gasteiger charge is 2.78. The largest absolute Gasteiger partial charge is 0.458 e. The maximum absolute atomic E-state index is 16.2. The molecule has 2 fully saturated rings. The monoisotopic (exact) mass is 696 g/mol. The van der Waals surface area contributed by atoms with Gasteiger partial charge in [0.25, 0.3) is 6.47 Å². The fourth-order valence-corrected chi connectivity index (χ4v) is 9.14. The third kappa shape index (κ3) is 4.61. The van der Waals surface area contributed by atoms with Gasteiger partial charge in [-0.1, -0.05) is 96.0 Å². The van der Waals surface area contributed by atoms with Gasteiger partial charge in [-0.2, -0.15) is 0 Å². The van der Waals surface area contributed by atoms with Crippen molar-refractivity contribution in [3.63, 3.8) is 0 Å². The van der Waals surface area contributed by atoms with Gasteiger partial charge in [0, 0.05) is 34.1 Å². The average Bonchev–Trinajstić information content (AvgIpc) is 3.54. The first-order chi connectivity index (χ1) is 23.2. The second kappa shape index (κ2) is 12.2. The number of fused-ring (bicyclic) bond motifs is 3. The van der Waals surface area contributed by atoms with E-state index in [4.69, 9.17) is 27.9 Å². The molecule has 1 N–H and O–H groups in total. The van der Waals surface area contributed by atoms with Crippen molar-refractivity contribution >= 4 is 41.3 Å². The van der Waals surface area contributed by atoms with Crippen LogP contribution in [-0.2, 0) is 19.7 Å². The van der Waals surface area contributed by atoms with Crippen molar-refractivity contribution in [2.45, 2.75) is 41.9 Å². The number of nitrogens with zero attached hydrogens (tertiary/aromatic N) is 1. The number of anilines is 1. The number of nitrogens with one attached hydrogen (secondary N) is 1. The quantitative estimate of drug-likeness (QED) is 0.108. The minimum atomic E-state index is -1.65. The highest BCUT2D eigenvalue weighted by atomic mass is 35.5. The molecule has 1 saturated carbocycles. The summed E-state index contributed by atoms with van der Waals surface area (Å²) in [4.78, 5) is 28.9. The molecule has 7 rings (SSSR count). The Kier molecular flexibility index (Phi) is 8.29. The Morgan fingerprint density at radius 2 is 1.56 bits per heavy atom. The summed E-state index contributed by atoms with van der Waals surface area (Å²) in [5, 5.41) is 2.54. The maximum atomic E-state index is 16.2. The van der Waals surface area contributed by atoms with E-state index in [0.717, 1.165) is 6.07 Å². The molecule has 5 nitrogen and oxygen atoms in total. The third-order valence-electron chi connectivity index (χ3n) is 10.6. The van der Waals surface area contributed by atoms with Crippen molar-refractivity contribution < 1.29 is 31.9 Å². The number of ether oxygens (including phenoxy) is 1. The summed E-state index contributed by atoms with van der Waals surface area (Å²) >= 11 is 12.5. The van der Waals surface area contributed by atoms with E-state index in [9.17, 15) is 22.8 Å². The number of halogens is 6. The smallest absolute Gasteiger partial charge is 0.293 e. The number of benzene rings is 4. The highest BCUT2D eigenvalue weighted by Crippen LogP contribution is 2.72. The van der Waals surface area contributed by atoms with Crippen LogP contribution in [0.25, 0.3) is 0 Å². The molecular formula is C37H30Cl2F4N2O3. The van der Waals surface area contributed by atoms with Crippen LogP contribution in [0.2, 0.25) is 10.0 Å². The summed E-state index contributed by atoms with van der Waals surface area (Å²) in [6, 6.07) is 24.5. The summed E-state index contributed by atoms with van der Waals surface area (Å²) < 4.78 is 66.4. The first kappa shape index (κ1) is 32.6. The van der Waals surface area contributed by atoms with E-state index < -0.39 is 70.3 Å². The highest BCUT2D eigenvalue weighted by molar-refractivity contribution is 6.31. The minimum Gasteiger partial charge on any atom is -0.458 e. The number of hydrogen-bond acceptors (Lipinski definition) is 4. The molecular weight excluding hydrogens is 667 g/mol. The standard InChI is InChI=1S/C37H30Cl2F4N2O3/c38-24-11-13-26-29(15-24)44-34(47)37(26)27(25-12-14-28(42)30(39)31(25)43)16-45(36(37)17-35(18-36,19-40)20-41)32(22-7-3-1-4-8-22)33(48-21-46)23-9-5-2-6-10-23/h1-15,21,27,32-33H,16-20H2,(H,44,47)/t27-,32-,33+,37+/m1/s1. The number of carbonyl (C=O) groups is 2. The molecule has 2 heterocycles. The van der Waals surface area contributed by atoms with Gasteiger partial charge in [0.15, 0.2) is 0 Å². The fraction of sp³-hybridized carbons (Fsp3) is 0.297. The van der Waals surface area contributed by atoms with Crippen molar-refractivity contribution in [3.05, 3.63) is 135 Å². The lowest BCUT2D eigenvalue weighted by Crippen LogP contribution is -2.71. The van der Waals surface area contributed by atoms with Gasteiger partial charge in [-0.25, -0.2) is 8.78 Å². The molecule has 4 aromatic rings. The first-order valence-corrected chi connectivity index (χ1v) is 16.2. The van der Waals surface area contributed by atoms with Crippen LogP contribution in [-0.4, -0.2) is 42.7 Å². The van der Waals surface area contributed by atoms with Crippen molar-refractivity contribution in [1.29, 1.82) is 0 Å². The van der Waals surface area contributed by atoms with Gasteiger partial charge in [0.1, 0.15) is 28.2 Å². The normalized spacial score (nSPS) is 23.4. The van der Waals surface area contributed by atoms with Crippen molar-refractivity contribution in [2.75, 3.05) is 25.2 Å². The minimum absolute atomic E-state index is 0.0291. The van der Waals surface area contributed by atoms with Gasteiger partial charge in [0.2, 0.25) is 5.91 Å². The molecule has 2 spiro atoms. The molecule has 1 amide bonds. The molecule has 1 saturated heterocycles. The van der Waals surface area contributed by atoms with Gasteiger partial charge in [0.05, 0.1) is 19.4 Å². The Balaban J connectivity index is 1.55. The number of hydrogen-bond donors (Lipinski definition) is 1. The summed E-state index contributed by atoms with van der Waals surface area (Å²) in [6.07, 6.45) is -1.21. The van der Waals surface area contributed by atoms with E-state index in [1.165, 1.54) is 6.07 Å². The van der Waals surface area contributed by atoms with E-state index in [1.54, 1.807) is 42.5 Å². The van der Waals surface area contributed by atoms with Crippen LogP contribution < -0.4 is 5.32 Å². The Labute approximate surface area is 284 Å². The van der Waals surface area contributed by atoms with Crippen LogP contribution in [0.3, 0.4) is 0 Å². The first-order valence-electron chi connectivity index (χ1n) is 15.5. The van der Waals surface area contributed by atoms with Gasteiger partial charge < -0.3 is 10.1 Å². The van der Waals surface area contributed by atoms with Crippen LogP contribution in [0.5, 0.6) is 0 Å². The predicted octanol–water partition coefficient (Wildman–Crippen LogP) is 8.67.